The van der Waals surface area contributed by atoms with Crippen LogP contribution in [0.1, 0.15) is 18.9 Å². The van der Waals surface area contributed by atoms with E-state index in [1.54, 1.807) is 6.20 Å². The molecule has 1 aromatic rings. The topological polar surface area (TPSA) is 43.4 Å². The summed E-state index contributed by atoms with van der Waals surface area (Å²) in [5.41, 5.74) is 1.03. The summed E-state index contributed by atoms with van der Waals surface area (Å²) in [6.45, 7) is 2.41. The lowest BCUT2D eigenvalue weighted by Crippen LogP contribution is -2.19. The predicted octanol–water partition coefficient (Wildman–Crippen LogP) is 1.82. The summed E-state index contributed by atoms with van der Waals surface area (Å²) in [5, 5.41) is 3.18. The van der Waals surface area contributed by atoms with Crippen molar-refractivity contribution in [3.8, 4) is 11.6 Å². The molecule has 0 amide bonds. The molecule has 1 aromatic heterocycles. The molecule has 1 unspecified atom stereocenters. The van der Waals surface area contributed by atoms with Crippen LogP contribution in [0.5, 0.6) is 11.6 Å². The van der Waals surface area contributed by atoms with Gasteiger partial charge < -0.3 is 14.8 Å². The number of nitrogens with one attached hydrogen (secondary N) is 1. The molecule has 0 aliphatic carbocycles. The summed E-state index contributed by atoms with van der Waals surface area (Å²) in [6, 6.07) is 2.42. The molecule has 4 heteroatoms. The summed E-state index contributed by atoms with van der Waals surface area (Å²) in [6.07, 6.45) is 6.95. The number of nitrogens with zero attached hydrogens (tertiary/aromatic N) is 1. The van der Waals surface area contributed by atoms with Crippen LogP contribution in [0.4, 0.5) is 0 Å². The summed E-state index contributed by atoms with van der Waals surface area (Å²) in [5.74, 6) is 1.31. The highest BCUT2D eigenvalue weighted by atomic mass is 16.7. The lowest BCUT2D eigenvalue weighted by Gasteiger charge is -2.04. The second-order valence-electron chi connectivity index (χ2n) is 3.81. The van der Waals surface area contributed by atoms with Gasteiger partial charge in [-0.1, -0.05) is 12.2 Å². The Labute approximate surface area is 95.3 Å². The van der Waals surface area contributed by atoms with Crippen molar-refractivity contribution in [3.63, 3.8) is 0 Å². The highest BCUT2D eigenvalue weighted by Gasteiger charge is 2.13. The van der Waals surface area contributed by atoms with Crippen molar-refractivity contribution in [3.05, 3.63) is 23.9 Å². The summed E-state index contributed by atoms with van der Waals surface area (Å²) in [7, 11) is 1.96. The number of ether oxygens (including phenoxy) is 2. The number of pyridine rings is 1. The van der Waals surface area contributed by atoms with Gasteiger partial charge in [-0.15, -0.1) is 0 Å². The van der Waals surface area contributed by atoms with Crippen molar-refractivity contribution in [1.82, 2.24) is 10.3 Å². The van der Waals surface area contributed by atoms with E-state index in [1.807, 2.05) is 19.2 Å². The van der Waals surface area contributed by atoms with Crippen molar-refractivity contribution in [2.75, 3.05) is 13.8 Å². The van der Waals surface area contributed by atoms with E-state index in [-0.39, 0.29) is 6.79 Å². The van der Waals surface area contributed by atoms with Gasteiger partial charge in [-0.2, -0.15) is 0 Å². The third kappa shape index (κ3) is 2.52. The Balaban J connectivity index is 2.00. The van der Waals surface area contributed by atoms with Crippen molar-refractivity contribution < 1.29 is 9.47 Å². The number of fused-ring (bicyclic) bond motifs is 1. The quantitative estimate of drug-likeness (QED) is 0.840. The van der Waals surface area contributed by atoms with E-state index in [4.69, 9.17) is 9.47 Å². The van der Waals surface area contributed by atoms with Gasteiger partial charge in [-0.3, -0.25) is 0 Å². The second-order valence-corrected chi connectivity index (χ2v) is 3.81. The molecular formula is C12H16N2O2. The summed E-state index contributed by atoms with van der Waals surface area (Å²) < 4.78 is 10.4. The lowest BCUT2D eigenvalue weighted by molar-refractivity contribution is 0.171. The number of rotatable bonds is 4. The lowest BCUT2D eigenvalue weighted by atomic mass is 10.2. The van der Waals surface area contributed by atoms with Crippen LogP contribution < -0.4 is 14.8 Å². The van der Waals surface area contributed by atoms with Gasteiger partial charge in [0.15, 0.2) is 5.75 Å². The van der Waals surface area contributed by atoms with Crippen LogP contribution in [-0.2, 0) is 0 Å². The van der Waals surface area contributed by atoms with E-state index in [0.717, 1.165) is 17.7 Å². The molecular weight excluding hydrogens is 204 g/mol. The average Bonchev–Trinajstić information content (AvgIpc) is 2.76. The minimum absolute atomic E-state index is 0.270. The van der Waals surface area contributed by atoms with Gasteiger partial charge in [0, 0.05) is 12.2 Å². The first kappa shape index (κ1) is 11.0. The smallest absolute Gasteiger partial charge is 0.260 e. The molecule has 1 aliphatic rings. The molecule has 0 fully saturated rings. The van der Waals surface area contributed by atoms with Crippen LogP contribution in [0, 0.1) is 0 Å². The minimum atomic E-state index is 0.270. The third-order valence-corrected chi connectivity index (χ3v) is 2.54. The van der Waals surface area contributed by atoms with Crippen LogP contribution in [0.15, 0.2) is 18.3 Å². The molecule has 0 saturated carbocycles. The maximum Gasteiger partial charge on any atom is 0.260 e. The number of aromatic nitrogens is 1. The second kappa shape index (κ2) is 4.99. The molecule has 0 aromatic carbocycles. The first-order chi connectivity index (χ1) is 7.79. The molecule has 1 aliphatic heterocycles. The van der Waals surface area contributed by atoms with E-state index in [0.29, 0.717) is 11.9 Å². The zero-order valence-corrected chi connectivity index (χ0v) is 9.56. The van der Waals surface area contributed by atoms with Crippen molar-refractivity contribution in [1.29, 1.82) is 0 Å². The molecule has 86 valence electrons. The molecule has 2 rings (SSSR count). The van der Waals surface area contributed by atoms with E-state index >= 15 is 0 Å². The predicted molar refractivity (Wildman–Crippen MR) is 62.5 cm³/mol. The molecule has 1 atom stereocenters. The van der Waals surface area contributed by atoms with Crippen LogP contribution in [0.25, 0.3) is 6.08 Å². The molecule has 1 N–H and O–H groups in total. The van der Waals surface area contributed by atoms with Crippen LogP contribution in [0.3, 0.4) is 0 Å². The van der Waals surface area contributed by atoms with E-state index in [2.05, 4.69) is 23.3 Å². The van der Waals surface area contributed by atoms with E-state index < -0.39 is 0 Å². The Morgan fingerprint density at radius 2 is 2.44 bits per heavy atom. The molecule has 2 heterocycles. The highest BCUT2D eigenvalue weighted by molar-refractivity contribution is 5.53. The Bertz CT molecular complexity index is 391. The van der Waals surface area contributed by atoms with Gasteiger partial charge in [0.1, 0.15) is 0 Å². The fraction of sp³-hybridized carbons (Fsp3) is 0.417. The van der Waals surface area contributed by atoms with Gasteiger partial charge in [0.25, 0.3) is 5.88 Å². The van der Waals surface area contributed by atoms with Gasteiger partial charge in [0.05, 0.1) is 0 Å². The first-order valence-corrected chi connectivity index (χ1v) is 5.39. The van der Waals surface area contributed by atoms with Crippen LogP contribution in [-0.4, -0.2) is 24.9 Å². The van der Waals surface area contributed by atoms with Gasteiger partial charge in [-0.05, 0) is 32.0 Å². The Hall–Kier alpha value is -1.55. The Morgan fingerprint density at radius 3 is 3.25 bits per heavy atom. The van der Waals surface area contributed by atoms with Gasteiger partial charge in [-0.25, -0.2) is 4.98 Å². The monoisotopic (exact) mass is 220 g/mol. The third-order valence-electron chi connectivity index (χ3n) is 2.54. The minimum Gasteiger partial charge on any atom is -0.452 e. The SMILES string of the molecule is CNC(C)C/C=C/c1cnc2c(c1)OCO2. The summed E-state index contributed by atoms with van der Waals surface area (Å²) >= 11 is 0. The largest absolute Gasteiger partial charge is 0.452 e. The molecule has 0 bridgehead atoms. The number of hydrogen-bond donors (Lipinski definition) is 1. The van der Waals surface area contributed by atoms with E-state index in [9.17, 15) is 0 Å². The van der Waals surface area contributed by atoms with Crippen molar-refractivity contribution in [2.45, 2.75) is 19.4 Å². The molecule has 16 heavy (non-hydrogen) atoms. The summed E-state index contributed by atoms with van der Waals surface area (Å²) in [4.78, 5) is 4.16. The number of hydrogen-bond acceptors (Lipinski definition) is 4. The first-order valence-electron chi connectivity index (χ1n) is 5.39. The fourth-order valence-electron chi connectivity index (χ4n) is 1.42. The average molecular weight is 220 g/mol. The highest BCUT2D eigenvalue weighted by Crippen LogP contribution is 2.30. The maximum atomic E-state index is 5.26. The fourth-order valence-corrected chi connectivity index (χ4v) is 1.42. The molecule has 0 radical (unpaired) electrons. The zero-order valence-electron chi connectivity index (χ0n) is 9.56. The van der Waals surface area contributed by atoms with Crippen LogP contribution in [0.2, 0.25) is 0 Å². The molecule has 0 saturated heterocycles. The van der Waals surface area contributed by atoms with Gasteiger partial charge >= 0.3 is 0 Å². The zero-order chi connectivity index (χ0) is 11.4. The molecule has 0 spiro atoms. The maximum absolute atomic E-state index is 5.26. The Morgan fingerprint density at radius 1 is 1.56 bits per heavy atom. The normalized spacial score (nSPS) is 15.6. The van der Waals surface area contributed by atoms with Crippen molar-refractivity contribution in [2.24, 2.45) is 0 Å². The molecule has 4 nitrogen and oxygen atoms in total. The van der Waals surface area contributed by atoms with Crippen LogP contribution >= 0.6 is 0 Å². The standard InChI is InChI=1S/C12H16N2O2/c1-9(13-2)4-3-5-10-6-11-12(14-7-10)16-8-15-11/h3,5-7,9,13H,4,8H2,1-2H3/b5-3+. The Kier molecular flexibility index (Phi) is 3.41. The van der Waals surface area contributed by atoms with Gasteiger partial charge in [0.2, 0.25) is 6.79 Å². The van der Waals surface area contributed by atoms with E-state index in [1.165, 1.54) is 0 Å². The van der Waals surface area contributed by atoms with Crippen molar-refractivity contribution >= 4 is 6.08 Å².